The molecule has 1 aromatic carbocycles. The van der Waals surface area contributed by atoms with Gasteiger partial charge in [-0.3, -0.25) is 9.29 Å². The molecule has 0 atom stereocenters. The minimum atomic E-state index is -3.33. The van der Waals surface area contributed by atoms with E-state index in [9.17, 15) is 8.42 Å². The third kappa shape index (κ3) is 4.37. The lowest BCUT2D eigenvalue weighted by Gasteiger charge is -2.18. The first-order chi connectivity index (χ1) is 9.99. The second kappa shape index (κ2) is 6.82. The fraction of sp³-hybridized carbons (Fsp3) is 0.214. The largest absolute Gasteiger partial charge is 0.399 e. The van der Waals surface area contributed by atoms with Crippen LogP contribution in [-0.2, 0) is 10.0 Å². The molecule has 0 aliphatic rings. The summed E-state index contributed by atoms with van der Waals surface area (Å²) in [5.74, 6) is 0.558. The van der Waals surface area contributed by atoms with Crippen molar-refractivity contribution >= 4 is 33.2 Å². The van der Waals surface area contributed by atoms with Crippen molar-refractivity contribution in [1.29, 1.82) is 0 Å². The quantitative estimate of drug-likeness (QED) is 0.651. The predicted octanol–water partition coefficient (Wildman–Crippen LogP) is 2.22. The van der Waals surface area contributed by atoms with Crippen LogP contribution in [0.4, 0.5) is 11.4 Å². The molecule has 5 nitrogen and oxygen atoms in total. The van der Waals surface area contributed by atoms with Crippen LogP contribution in [0.5, 0.6) is 0 Å². The number of pyridine rings is 1. The molecule has 2 N–H and O–H groups in total. The van der Waals surface area contributed by atoms with Gasteiger partial charge in [0, 0.05) is 35.8 Å². The van der Waals surface area contributed by atoms with E-state index in [-0.39, 0.29) is 5.75 Å². The van der Waals surface area contributed by atoms with E-state index in [2.05, 4.69) is 4.98 Å². The molecule has 0 fully saturated rings. The molecule has 1 heterocycles. The van der Waals surface area contributed by atoms with Crippen molar-refractivity contribution in [2.24, 2.45) is 0 Å². The molecular weight excluding hydrogens is 306 g/mol. The van der Waals surface area contributed by atoms with Gasteiger partial charge >= 0.3 is 0 Å². The number of benzene rings is 1. The van der Waals surface area contributed by atoms with Gasteiger partial charge in [-0.15, -0.1) is 11.8 Å². The van der Waals surface area contributed by atoms with Crippen molar-refractivity contribution < 1.29 is 8.42 Å². The average molecular weight is 323 g/mol. The molecule has 0 aliphatic carbocycles. The van der Waals surface area contributed by atoms with E-state index in [1.54, 1.807) is 43.7 Å². The molecule has 112 valence electrons. The maximum atomic E-state index is 12.2. The molecule has 0 aliphatic heterocycles. The summed E-state index contributed by atoms with van der Waals surface area (Å²) in [6.45, 7) is 0. The Morgan fingerprint density at radius 3 is 2.38 bits per heavy atom. The van der Waals surface area contributed by atoms with E-state index >= 15 is 0 Å². The number of nitrogens with two attached hydrogens (primary N) is 1. The zero-order valence-electron chi connectivity index (χ0n) is 11.6. The van der Waals surface area contributed by atoms with Gasteiger partial charge in [0.15, 0.2) is 0 Å². The second-order valence-electron chi connectivity index (χ2n) is 4.41. The van der Waals surface area contributed by atoms with Crippen LogP contribution in [-0.4, -0.2) is 32.0 Å². The van der Waals surface area contributed by atoms with E-state index in [1.807, 2.05) is 12.1 Å². The van der Waals surface area contributed by atoms with Crippen LogP contribution in [0.25, 0.3) is 0 Å². The summed E-state index contributed by atoms with van der Waals surface area (Å²) < 4.78 is 25.8. The highest BCUT2D eigenvalue weighted by atomic mass is 32.2. The first-order valence-electron chi connectivity index (χ1n) is 6.34. The highest BCUT2D eigenvalue weighted by Crippen LogP contribution is 2.21. The van der Waals surface area contributed by atoms with E-state index in [1.165, 1.54) is 16.1 Å². The van der Waals surface area contributed by atoms with Crippen molar-refractivity contribution in [3.8, 4) is 0 Å². The fourth-order valence-electron chi connectivity index (χ4n) is 1.68. The Morgan fingerprint density at radius 1 is 1.14 bits per heavy atom. The van der Waals surface area contributed by atoms with Gasteiger partial charge in [0.1, 0.15) is 0 Å². The summed E-state index contributed by atoms with van der Waals surface area (Å²) in [5, 5.41) is 0. The minimum absolute atomic E-state index is 0.0703. The summed E-state index contributed by atoms with van der Waals surface area (Å²) in [6.07, 6.45) is 3.15. The average Bonchev–Trinajstić information content (AvgIpc) is 2.49. The van der Waals surface area contributed by atoms with Crippen molar-refractivity contribution in [3.63, 3.8) is 0 Å². The first kappa shape index (κ1) is 15.7. The molecule has 0 saturated carbocycles. The number of aromatic nitrogens is 1. The SMILES string of the molecule is CN(c1ccncc1)S(=O)(=O)CCSc1ccc(N)cc1. The molecule has 1 aromatic heterocycles. The minimum Gasteiger partial charge on any atom is -0.399 e. The normalized spacial score (nSPS) is 11.3. The van der Waals surface area contributed by atoms with Crippen LogP contribution < -0.4 is 10.0 Å². The Hall–Kier alpha value is -1.73. The van der Waals surface area contributed by atoms with Crippen molar-refractivity contribution in [2.75, 3.05) is 28.6 Å². The van der Waals surface area contributed by atoms with Crippen LogP contribution in [0.15, 0.2) is 53.7 Å². The van der Waals surface area contributed by atoms with E-state index < -0.39 is 10.0 Å². The van der Waals surface area contributed by atoms with Gasteiger partial charge < -0.3 is 5.73 Å². The molecule has 0 bridgehead atoms. The number of sulfonamides is 1. The first-order valence-corrected chi connectivity index (χ1v) is 8.93. The van der Waals surface area contributed by atoms with Gasteiger partial charge in [-0.2, -0.15) is 0 Å². The Kier molecular flexibility index (Phi) is 5.08. The third-order valence-electron chi connectivity index (χ3n) is 2.93. The summed E-state index contributed by atoms with van der Waals surface area (Å²) >= 11 is 1.49. The molecule has 0 radical (unpaired) electrons. The zero-order valence-corrected chi connectivity index (χ0v) is 13.3. The molecule has 0 amide bonds. The van der Waals surface area contributed by atoms with Gasteiger partial charge in [-0.05, 0) is 36.4 Å². The number of hydrogen-bond donors (Lipinski definition) is 1. The van der Waals surface area contributed by atoms with Gasteiger partial charge in [0.2, 0.25) is 10.0 Å². The maximum Gasteiger partial charge on any atom is 0.235 e. The molecule has 7 heteroatoms. The summed E-state index contributed by atoms with van der Waals surface area (Å²) in [7, 11) is -1.78. The Morgan fingerprint density at radius 2 is 1.76 bits per heavy atom. The Bertz CT molecular complexity index is 673. The smallest absolute Gasteiger partial charge is 0.235 e. The van der Waals surface area contributed by atoms with Crippen LogP contribution >= 0.6 is 11.8 Å². The topological polar surface area (TPSA) is 76.3 Å². The van der Waals surface area contributed by atoms with Gasteiger partial charge in [0.05, 0.1) is 11.4 Å². The van der Waals surface area contributed by atoms with Crippen LogP contribution in [0.1, 0.15) is 0 Å². The highest BCUT2D eigenvalue weighted by molar-refractivity contribution is 8.01. The van der Waals surface area contributed by atoms with Crippen LogP contribution in [0, 0.1) is 0 Å². The molecule has 2 rings (SSSR count). The predicted molar refractivity (Wildman–Crippen MR) is 88.0 cm³/mol. The molecule has 2 aromatic rings. The molecule has 0 spiro atoms. The monoisotopic (exact) mass is 323 g/mol. The number of nitrogen functional groups attached to an aromatic ring is 1. The van der Waals surface area contributed by atoms with Gasteiger partial charge in [0.25, 0.3) is 0 Å². The molecule has 0 unspecified atom stereocenters. The summed E-state index contributed by atoms with van der Waals surface area (Å²) in [4.78, 5) is 4.89. The zero-order chi connectivity index (χ0) is 15.3. The van der Waals surface area contributed by atoms with E-state index in [0.717, 1.165) is 4.90 Å². The van der Waals surface area contributed by atoms with E-state index in [0.29, 0.717) is 17.1 Å². The Balaban J connectivity index is 1.94. The molecule has 0 saturated heterocycles. The van der Waals surface area contributed by atoms with Crippen molar-refractivity contribution in [3.05, 3.63) is 48.8 Å². The summed E-state index contributed by atoms with van der Waals surface area (Å²) in [5.41, 5.74) is 6.92. The lowest BCUT2D eigenvalue weighted by molar-refractivity contribution is 0.596. The van der Waals surface area contributed by atoms with Crippen LogP contribution in [0.3, 0.4) is 0 Å². The second-order valence-corrected chi connectivity index (χ2v) is 7.69. The third-order valence-corrected chi connectivity index (χ3v) is 5.97. The number of anilines is 2. The van der Waals surface area contributed by atoms with Crippen molar-refractivity contribution in [1.82, 2.24) is 4.98 Å². The number of hydrogen-bond acceptors (Lipinski definition) is 5. The number of thioether (sulfide) groups is 1. The van der Waals surface area contributed by atoms with Gasteiger partial charge in [-0.25, -0.2) is 8.42 Å². The van der Waals surface area contributed by atoms with E-state index in [4.69, 9.17) is 5.73 Å². The fourth-order valence-corrected chi connectivity index (χ4v) is 4.14. The standard InChI is InChI=1S/C14H17N3O2S2/c1-17(13-6-8-16-9-7-13)21(18,19)11-10-20-14-4-2-12(15)3-5-14/h2-9H,10-11,15H2,1H3. The molecular formula is C14H17N3O2S2. The lowest BCUT2D eigenvalue weighted by atomic mass is 10.3. The lowest BCUT2D eigenvalue weighted by Crippen LogP contribution is -2.29. The number of rotatable bonds is 6. The maximum absolute atomic E-state index is 12.2. The van der Waals surface area contributed by atoms with Gasteiger partial charge in [-0.1, -0.05) is 0 Å². The van der Waals surface area contributed by atoms with Crippen molar-refractivity contribution in [2.45, 2.75) is 4.90 Å². The number of nitrogens with zero attached hydrogens (tertiary/aromatic N) is 2. The van der Waals surface area contributed by atoms with Crippen LogP contribution in [0.2, 0.25) is 0 Å². The summed E-state index contributed by atoms with van der Waals surface area (Å²) in [6, 6.07) is 10.7. The Labute approximate surface area is 129 Å². The molecule has 21 heavy (non-hydrogen) atoms. The highest BCUT2D eigenvalue weighted by Gasteiger charge is 2.17.